The third-order valence-corrected chi connectivity index (χ3v) is 3.89. The first-order chi connectivity index (χ1) is 9.76. The lowest BCUT2D eigenvalue weighted by atomic mass is 10.3. The number of unbranched alkanes of at least 4 members (excludes halogenated alkanes) is 1. The van der Waals surface area contributed by atoms with E-state index in [2.05, 4.69) is 38.5 Å². The number of rotatable bonds is 8. The molecule has 0 spiro atoms. The summed E-state index contributed by atoms with van der Waals surface area (Å²) in [5.74, 6) is 1.62. The smallest absolute Gasteiger partial charge is 0.111 e. The van der Waals surface area contributed by atoms with E-state index in [-0.39, 0.29) is 0 Å². The van der Waals surface area contributed by atoms with Gasteiger partial charge in [-0.1, -0.05) is 29.3 Å². The number of aryl methyl sites for hydroxylation is 1. The molecule has 0 saturated heterocycles. The number of nitrogens with zero attached hydrogens (tertiary/aromatic N) is 2. The van der Waals surface area contributed by atoms with Gasteiger partial charge in [0, 0.05) is 29.9 Å². The van der Waals surface area contributed by atoms with Gasteiger partial charge in [-0.15, -0.1) is 11.6 Å². The Hall–Kier alpha value is -0.580. The van der Waals surface area contributed by atoms with Crippen LogP contribution in [0.2, 0.25) is 0 Å². The zero-order valence-electron chi connectivity index (χ0n) is 11.7. The Balaban J connectivity index is 2.13. The highest BCUT2D eigenvalue weighted by molar-refractivity contribution is 9.10. The Morgan fingerprint density at radius 3 is 2.95 bits per heavy atom. The van der Waals surface area contributed by atoms with Gasteiger partial charge in [0.1, 0.15) is 5.82 Å². The minimum atomic E-state index is 0.585. The topological polar surface area (TPSA) is 27.1 Å². The highest BCUT2D eigenvalue weighted by Crippen LogP contribution is 2.21. The number of alkyl halides is 1. The van der Waals surface area contributed by atoms with Crippen LogP contribution in [0.3, 0.4) is 0 Å². The second kappa shape index (κ2) is 8.01. The third kappa shape index (κ3) is 3.96. The second-order valence-electron chi connectivity index (χ2n) is 4.72. The summed E-state index contributed by atoms with van der Waals surface area (Å²) in [6.45, 7) is 4.55. The summed E-state index contributed by atoms with van der Waals surface area (Å²) in [4.78, 5) is 4.67. The van der Waals surface area contributed by atoms with Crippen LogP contribution in [-0.4, -0.2) is 28.6 Å². The van der Waals surface area contributed by atoms with Gasteiger partial charge in [0.05, 0.1) is 17.6 Å². The molecule has 0 fully saturated rings. The summed E-state index contributed by atoms with van der Waals surface area (Å²) in [7, 11) is 0. The molecular formula is C15H20BrClN2O. The van der Waals surface area contributed by atoms with Crippen molar-refractivity contribution in [2.24, 2.45) is 0 Å². The molecule has 0 unspecified atom stereocenters. The number of benzene rings is 1. The van der Waals surface area contributed by atoms with E-state index in [1.54, 1.807) is 0 Å². The summed E-state index contributed by atoms with van der Waals surface area (Å²) in [5.41, 5.74) is 2.15. The average Bonchev–Trinajstić information content (AvgIpc) is 2.76. The molecule has 20 heavy (non-hydrogen) atoms. The fourth-order valence-electron chi connectivity index (χ4n) is 2.18. The number of hydrogen-bond donors (Lipinski definition) is 0. The number of ether oxygens (including phenoxy) is 1. The Morgan fingerprint density at radius 1 is 1.35 bits per heavy atom. The van der Waals surface area contributed by atoms with Gasteiger partial charge in [-0.05, 0) is 24.6 Å². The molecule has 0 aliphatic rings. The van der Waals surface area contributed by atoms with Gasteiger partial charge in [-0.3, -0.25) is 0 Å². The summed E-state index contributed by atoms with van der Waals surface area (Å²) in [5, 5.41) is 0. The van der Waals surface area contributed by atoms with Gasteiger partial charge in [-0.2, -0.15) is 0 Å². The van der Waals surface area contributed by atoms with Crippen LogP contribution in [-0.2, 0) is 17.7 Å². The van der Waals surface area contributed by atoms with Crippen LogP contribution in [0.4, 0.5) is 0 Å². The Kier molecular flexibility index (Phi) is 6.33. The van der Waals surface area contributed by atoms with E-state index in [1.807, 2.05) is 12.1 Å². The molecule has 0 bridgehead atoms. The standard InChI is InChI=1S/C15H20BrClN2O/c1-2-3-9-20-10-8-19-14-5-4-12(16)11-13(14)18-15(19)6-7-17/h4-5,11H,2-3,6-10H2,1H3. The lowest BCUT2D eigenvalue weighted by Gasteiger charge is -2.09. The first-order valence-corrected chi connectivity index (χ1v) is 8.37. The molecule has 110 valence electrons. The molecule has 0 N–H and O–H groups in total. The zero-order chi connectivity index (χ0) is 14.4. The maximum absolute atomic E-state index is 5.88. The van der Waals surface area contributed by atoms with Gasteiger partial charge >= 0.3 is 0 Å². The number of halogens is 2. The van der Waals surface area contributed by atoms with E-state index in [9.17, 15) is 0 Å². The molecule has 0 aliphatic carbocycles. The Morgan fingerprint density at radius 2 is 2.20 bits per heavy atom. The number of aromatic nitrogens is 2. The second-order valence-corrected chi connectivity index (χ2v) is 6.01. The molecule has 1 aromatic carbocycles. The van der Waals surface area contributed by atoms with Gasteiger partial charge < -0.3 is 9.30 Å². The van der Waals surface area contributed by atoms with Crippen LogP contribution in [0.5, 0.6) is 0 Å². The zero-order valence-corrected chi connectivity index (χ0v) is 14.1. The van der Waals surface area contributed by atoms with Crippen molar-refractivity contribution in [3.05, 3.63) is 28.5 Å². The molecule has 0 atom stereocenters. The molecule has 5 heteroatoms. The normalized spacial score (nSPS) is 11.3. The third-order valence-electron chi connectivity index (χ3n) is 3.21. The largest absolute Gasteiger partial charge is 0.380 e. The van der Waals surface area contributed by atoms with Crippen LogP contribution < -0.4 is 0 Å². The SMILES string of the molecule is CCCCOCCn1c(CCCl)nc2cc(Br)ccc21. The van der Waals surface area contributed by atoms with E-state index < -0.39 is 0 Å². The van der Waals surface area contributed by atoms with Gasteiger partial charge in [0.25, 0.3) is 0 Å². The van der Waals surface area contributed by atoms with E-state index in [1.165, 1.54) is 6.42 Å². The summed E-state index contributed by atoms with van der Waals surface area (Å²) in [6.07, 6.45) is 3.06. The van der Waals surface area contributed by atoms with E-state index in [0.717, 1.165) is 53.9 Å². The molecular weight excluding hydrogens is 340 g/mol. The molecule has 0 radical (unpaired) electrons. The van der Waals surface area contributed by atoms with E-state index >= 15 is 0 Å². The van der Waals surface area contributed by atoms with Crippen molar-refractivity contribution in [2.75, 3.05) is 19.1 Å². The molecule has 0 aliphatic heterocycles. The number of imidazole rings is 1. The summed E-state index contributed by atoms with van der Waals surface area (Å²) in [6, 6.07) is 6.18. The highest BCUT2D eigenvalue weighted by atomic mass is 79.9. The van der Waals surface area contributed by atoms with Crippen LogP contribution in [0.1, 0.15) is 25.6 Å². The van der Waals surface area contributed by atoms with Crippen LogP contribution in [0.25, 0.3) is 11.0 Å². The van der Waals surface area contributed by atoms with Gasteiger partial charge in [0.2, 0.25) is 0 Å². The monoisotopic (exact) mass is 358 g/mol. The van der Waals surface area contributed by atoms with Crippen molar-refractivity contribution in [3.8, 4) is 0 Å². The lowest BCUT2D eigenvalue weighted by molar-refractivity contribution is 0.123. The predicted molar refractivity (Wildman–Crippen MR) is 87.6 cm³/mol. The maximum Gasteiger partial charge on any atom is 0.111 e. The van der Waals surface area contributed by atoms with Crippen molar-refractivity contribution in [1.29, 1.82) is 0 Å². The van der Waals surface area contributed by atoms with Crippen LogP contribution in [0, 0.1) is 0 Å². The first-order valence-electron chi connectivity index (χ1n) is 7.04. The molecule has 0 saturated carbocycles. The summed E-state index contributed by atoms with van der Waals surface area (Å²) < 4.78 is 8.93. The quantitative estimate of drug-likeness (QED) is 0.516. The highest BCUT2D eigenvalue weighted by Gasteiger charge is 2.10. The van der Waals surface area contributed by atoms with Gasteiger partial charge in [0.15, 0.2) is 0 Å². The van der Waals surface area contributed by atoms with Gasteiger partial charge in [-0.25, -0.2) is 4.98 Å². The number of fused-ring (bicyclic) bond motifs is 1. The van der Waals surface area contributed by atoms with Crippen molar-refractivity contribution in [1.82, 2.24) is 9.55 Å². The average molecular weight is 360 g/mol. The first kappa shape index (κ1) is 15.8. The van der Waals surface area contributed by atoms with Crippen molar-refractivity contribution < 1.29 is 4.74 Å². The predicted octanol–water partition coefficient (Wildman–Crippen LogP) is 4.40. The minimum Gasteiger partial charge on any atom is -0.380 e. The number of hydrogen-bond acceptors (Lipinski definition) is 2. The maximum atomic E-state index is 5.88. The lowest BCUT2D eigenvalue weighted by Crippen LogP contribution is -2.10. The van der Waals surface area contributed by atoms with Crippen LogP contribution >= 0.6 is 27.5 Å². The van der Waals surface area contributed by atoms with Crippen molar-refractivity contribution in [3.63, 3.8) is 0 Å². The molecule has 3 nitrogen and oxygen atoms in total. The molecule has 2 aromatic rings. The minimum absolute atomic E-state index is 0.585. The van der Waals surface area contributed by atoms with E-state index in [0.29, 0.717) is 5.88 Å². The van der Waals surface area contributed by atoms with E-state index in [4.69, 9.17) is 16.3 Å². The van der Waals surface area contributed by atoms with Crippen molar-refractivity contribution in [2.45, 2.75) is 32.7 Å². The van der Waals surface area contributed by atoms with Crippen molar-refractivity contribution >= 4 is 38.6 Å². The summed E-state index contributed by atoms with van der Waals surface area (Å²) >= 11 is 9.36. The Labute approximate surface area is 133 Å². The molecule has 2 rings (SSSR count). The molecule has 1 aromatic heterocycles. The fraction of sp³-hybridized carbons (Fsp3) is 0.533. The molecule has 1 heterocycles. The van der Waals surface area contributed by atoms with Crippen LogP contribution in [0.15, 0.2) is 22.7 Å². The fourth-order valence-corrected chi connectivity index (χ4v) is 2.70. The Bertz CT molecular complexity index is 556. The molecule has 0 amide bonds.